The summed E-state index contributed by atoms with van der Waals surface area (Å²) in [5.41, 5.74) is 0.514. The SMILES string of the molecule is COC(=O)CC(NC(=O)CNC(=O)c1ccccc1I)c1cccs1. The molecule has 8 heteroatoms. The summed E-state index contributed by atoms with van der Waals surface area (Å²) in [5.74, 6) is -1.11. The van der Waals surface area contributed by atoms with E-state index in [-0.39, 0.29) is 24.8 Å². The van der Waals surface area contributed by atoms with Crippen LogP contribution in [0.5, 0.6) is 0 Å². The van der Waals surface area contributed by atoms with Crippen LogP contribution in [0.15, 0.2) is 41.8 Å². The van der Waals surface area contributed by atoms with Gasteiger partial charge in [0, 0.05) is 8.45 Å². The van der Waals surface area contributed by atoms with Crippen LogP contribution in [-0.2, 0) is 14.3 Å². The van der Waals surface area contributed by atoms with E-state index in [2.05, 4.69) is 38.0 Å². The molecule has 1 atom stereocenters. The lowest BCUT2D eigenvalue weighted by atomic mass is 10.1. The molecule has 0 saturated carbocycles. The number of hydrogen-bond acceptors (Lipinski definition) is 5. The molecular weight excluding hydrogens is 455 g/mol. The van der Waals surface area contributed by atoms with Crippen LogP contribution in [0, 0.1) is 3.57 Å². The van der Waals surface area contributed by atoms with Gasteiger partial charge in [0.15, 0.2) is 0 Å². The molecule has 0 aliphatic heterocycles. The molecule has 1 aromatic carbocycles. The topological polar surface area (TPSA) is 84.5 Å². The number of esters is 1. The van der Waals surface area contributed by atoms with Crippen LogP contribution in [0.1, 0.15) is 27.7 Å². The maximum Gasteiger partial charge on any atom is 0.307 e. The second-order valence-electron chi connectivity index (χ2n) is 5.08. The summed E-state index contributed by atoms with van der Waals surface area (Å²) in [5, 5.41) is 7.22. The number of methoxy groups -OCH3 is 1. The van der Waals surface area contributed by atoms with E-state index in [1.807, 2.05) is 29.6 Å². The van der Waals surface area contributed by atoms with Gasteiger partial charge in [0.25, 0.3) is 5.91 Å². The average molecular weight is 472 g/mol. The molecule has 0 radical (unpaired) electrons. The normalized spacial score (nSPS) is 11.4. The fourth-order valence-electron chi connectivity index (χ4n) is 2.11. The Kier molecular flexibility index (Phi) is 7.38. The van der Waals surface area contributed by atoms with Gasteiger partial charge in [-0.3, -0.25) is 14.4 Å². The Morgan fingerprint density at radius 2 is 1.96 bits per heavy atom. The van der Waals surface area contributed by atoms with Crippen molar-refractivity contribution in [2.24, 2.45) is 0 Å². The zero-order chi connectivity index (χ0) is 18.2. The van der Waals surface area contributed by atoms with Crippen LogP contribution >= 0.6 is 33.9 Å². The smallest absolute Gasteiger partial charge is 0.307 e. The predicted octanol–water partition coefficient (Wildman–Crippen LogP) is 2.50. The van der Waals surface area contributed by atoms with E-state index < -0.39 is 12.0 Å². The molecule has 0 aliphatic carbocycles. The Bertz CT molecular complexity index is 749. The van der Waals surface area contributed by atoms with Gasteiger partial charge >= 0.3 is 5.97 Å². The highest BCUT2D eigenvalue weighted by atomic mass is 127. The summed E-state index contributed by atoms with van der Waals surface area (Å²) in [7, 11) is 1.30. The molecule has 0 fully saturated rings. The fraction of sp³-hybridized carbons (Fsp3) is 0.235. The van der Waals surface area contributed by atoms with E-state index in [9.17, 15) is 14.4 Å². The molecule has 1 heterocycles. The van der Waals surface area contributed by atoms with Crippen LogP contribution in [0.2, 0.25) is 0 Å². The zero-order valence-corrected chi connectivity index (χ0v) is 16.4. The maximum absolute atomic E-state index is 12.2. The van der Waals surface area contributed by atoms with Crippen molar-refractivity contribution in [2.45, 2.75) is 12.5 Å². The molecule has 0 spiro atoms. The van der Waals surface area contributed by atoms with Crippen LogP contribution in [0.3, 0.4) is 0 Å². The third-order valence-electron chi connectivity index (χ3n) is 3.35. The van der Waals surface area contributed by atoms with Gasteiger partial charge in [0.1, 0.15) is 0 Å². The lowest BCUT2D eigenvalue weighted by Crippen LogP contribution is -2.39. The van der Waals surface area contributed by atoms with Crippen molar-refractivity contribution in [3.05, 3.63) is 55.8 Å². The Morgan fingerprint density at radius 1 is 1.20 bits per heavy atom. The molecule has 0 aliphatic rings. The van der Waals surface area contributed by atoms with Crippen molar-refractivity contribution in [1.82, 2.24) is 10.6 Å². The van der Waals surface area contributed by atoms with E-state index >= 15 is 0 Å². The van der Waals surface area contributed by atoms with Gasteiger partial charge < -0.3 is 15.4 Å². The van der Waals surface area contributed by atoms with Crippen molar-refractivity contribution in [3.63, 3.8) is 0 Å². The van der Waals surface area contributed by atoms with Gasteiger partial charge in [-0.1, -0.05) is 18.2 Å². The highest BCUT2D eigenvalue weighted by Crippen LogP contribution is 2.22. The van der Waals surface area contributed by atoms with Crippen LogP contribution in [-0.4, -0.2) is 31.4 Å². The number of ether oxygens (including phenoxy) is 1. The van der Waals surface area contributed by atoms with E-state index in [0.717, 1.165) is 8.45 Å². The molecule has 0 bridgehead atoms. The summed E-state index contributed by atoms with van der Waals surface area (Å²) in [4.78, 5) is 36.7. The quantitative estimate of drug-likeness (QED) is 0.479. The number of carbonyl (C=O) groups is 3. The predicted molar refractivity (Wildman–Crippen MR) is 103 cm³/mol. The summed E-state index contributed by atoms with van der Waals surface area (Å²) in [6, 6.07) is 10.3. The number of hydrogen-bond donors (Lipinski definition) is 2. The van der Waals surface area contributed by atoms with Crippen molar-refractivity contribution in [3.8, 4) is 0 Å². The van der Waals surface area contributed by atoms with Gasteiger partial charge in [0.2, 0.25) is 5.91 Å². The molecule has 1 unspecified atom stereocenters. The Balaban J connectivity index is 1.94. The second kappa shape index (κ2) is 9.52. The standard InChI is InChI=1S/C17H17IN2O4S/c1-24-16(22)9-13(14-7-4-8-25-14)20-15(21)10-19-17(23)11-5-2-3-6-12(11)18/h2-8,13H,9-10H2,1H3,(H,19,23)(H,20,21). The molecule has 2 aromatic rings. The van der Waals surface area contributed by atoms with Gasteiger partial charge in [-0.05, 0) is 46.2 Å². The van der Waals surface area contributed by atoms with Gasteiger partial charge in [-0.15, -0.1) is 11.3 Å². The van der Waals surface area contributed by atoms with Gasteiger partial charge in [0.05, 0.1) is 31.7 Å². The number of halogens is 1. The molecular formula is C17H17IN2O4S. The van der Waals surface area contributed by atoms with E-state index in [4.69, 9.17) is 0 Å². The molecule has 6 nitrogen and oxygen atoms in total. The first-order valence-electron chi connectivity index (χ1n) is 7.43. The Labute approximate surface area is 163 Å². The fourth-order valence-corrected chi connectivity index (χ4v) is 3.52. The molecule has 0 saturated heterocycles. The number of benzene rings is 1. The number of carbonyl (C=O) groups excluding carboxylic acids is 3. The number of rotatable bonds is 7. The van der Waals surface area contributed by atoms with Crippen LogP contribution in [0.4, 0.5) is 0 Å². The number of amides is 2. The third kappa shape index (κ3) is 5.82. The minimum Gasteiger partial charge on any atom is -0.469 e. The summed E-state index contributed by atoms with van der Waals surface area (Å²) in [6.07, 6.45) is 0.0350. The minimum atomic E-state index is -0.478. The zero-order valence-electron chi connectivity index (χ0n) is 13.5. The first-order chi connectivity index (χ1) is 12.0. The summed E-state index contributed by atoms with van der Waals surface area (Å²) in [6.45, 7) is -0.174. The Hall–Kier alpha value is -1.94. The van der Waals surface area contributed by atoms with Crippen LogP contribution < -0.4 is 10.6 Å². The van der Waals surface area contributed by atoms with Crippen molar-refractivity contribution in [2.75, 3.05) is 13.7 Å². The number of thiophene rings is 1. The van der Waals surface area contributed by atoms with E-state index in [1.165, 1.54) is 18.4 Å². The first kappa shape index (κ1) is 19.4. The molecule has 2 rings (SSSR count). The first-order valence-corrected chi connectivity index (χ1v) is 9.39. The summed E-state index contributed by atoms with van der Waals surface area (Å²) >= 11 is 3.50. The summed E-state index contributed by atoms with van der Waals surface area (Å²) < 4.78 is 5.48. The van der Waals surface area contributed by atoms with Gasteiger partial charge in [-0.2, -0.15) is 0 Å². The Morgan fingerprint density at radius 3 is 2.60 bits per heavy atom. The third-order valence-corrected chi connectivity index (χ3v) is 5.27. The molecule has 2 amide bonds. The lowest BCUT2D eigenvalue weighted by molar-refractivity contribution is -0.141. The van der Waals surface area contributed by atoms with Gasteiger partial charge in [-0.25, -0.2) is 0 Å². The highest BCUT2D eigenvalue weighted by Gasteiger charge is 2.20. The monoisotopic (exact) mass is 472 g/mol. The minimum absolute atomic E-state index is 0.0350. The highest BCUT2D eigenvalue weighted by molar-refractivity contribution is 14.1. The van der Waals surface area contributed by atoms with Crippen molar-refractivity contribution >= 4 is 51.7 Å². The molecule has 25 heavy (non-hydrogen) atoms. The molecule has 2 N–H and O–H groups in total. The van der Waals surface area contributed by atoms with E-state index in [0.29, 0.717) is 5.56 Å². The van der Waals surface area contributed by atoms with Crippen molar-refractivity contribution in [1.29, 1.82) is 0 Å². The lowest BCUT2D eigenvalue weighted by Gasteiger charge is -2.16. The molecule has 132 valence electrons. The number of nitrogens with one attached hydrogen (secondary N) is 2. The van der Waals surface area contributed by atoms with E-state index in [1.54, 1.807) is 12.1 Å². The van der Waals surface area contributed by atoms with Crippen LogP contribution in [0.25, 0.3) is 0 Å². The van der Waals surface area contributed by atoms with Crippen molar-refractivity contribution < 1.29 is 19.1 Å². The average Bonchev–Trinajstić information content (AvgIpc) is 3.14. The second-order valence-corrected chi connectivity index (χ2v) is 7.22. The largest absolute Gasteiger partial charge is 0.469 e. The molecule has 1 aromatic heterocycles. The maximum atomic E-state index is 12.2.